The highest BCUT2D eigenvalue weighted by atomic mass is 19.3. The molecule has 0 aromatic heterocycles. The molecule has 1 N–H and O–H groups in total. The summed E-state index contributed by atoms with van der Waals surface area (Å²) in [6.45, 7) is 0. The van der Waals surface area contributed by atoms with Crippen LogP contribution in [-0.2, 0) is 0 Å². The molecule has 1 atom stereocenters. The second-order valence-corrected chi connectivity index (χ2v) is 1.81. The van der Waals surface area contributed by atoms with Crippen LogP contribution in [0.4, 0.5) is 8.78 Å². The number of hydrogen-bond acceptors (Lipinski definition) is 1. The fraction of sp³-hybridized carbons (Fsp3) is 1.00. The fourth-order valence-corrected chi connectivity index (χ4v) is 0.526. The molecule has 1 saturated carbocycles. The number of nitrogens with one attached hydrogen (secondary N) is 1. The molecule has 1 rings (SSSR count). The monoisotopic (exact) mass is 107 g/mol. The highest BCUT2D eigenvalue weighted by Gasteiger charge is 2.55. The summed E-state index contributed by atoms with van der Waals surface area (Å²) in [5.74, 6) is -2.39. The van der Waals surface area contributed by atoms with Crippen LogP contribution in [-0.4, -0.2) is 19.0 Å². The van der Waals surface area contributed by atoms with E-state index < -0.39 is 12.0 Å². The van der Waals surface area contributed by atoms with Crippen molar-refractivity contribution in [3.8, 4) is 0 Å². The Morgan fingerprint density at radius 1 is 1.71 bits per heavy atom. The van der Waals surface area contributed by atoms with Gasteiger partial charge in [0.2, 0.25) is 0 Å². The van der Waals surface area contributed by atoms with Crippen molar-refractivity contribution in [3.63, 3.8) is 0 Å². The second kappa shape index (κ2) is 1.15. The Kier molecular flexibility index (Phi) is 0.819. The lowest BCUT2D eigenvalue weighted by Gasteiger charge is -1.90. The predicted octanol–water partition coefficient (Wildman–Crippen LogP) is 0.613. The summed E-state index contributed by atoms with van der Waals surface area (Å²) in [6.07, 6.45) is 0.0174. The standard InChI is InChI=1S/C4H7F2N/c1-7-3-2-4(3,5)6/h3,7H,2H2,1H3/t3-/m1/s1. The normalized spacial score (nSPS) is 35.6. The van der Waals surface area contributed by atoms with Crippen molar-refractivity contribution >= 4 is 0 Å². The second-order valence-electron chi connectivity index (χ2n) is 1.81. The maximum absolute atomic E-state index is 11.7. The van der Waals surface area contributed by atoms with E-state index in [2.05, 4.69) is 5.32 Å². The third kappa shape index (κ3) is 0.725. The lowest BCUT2D eigenvalue weighted by molar-refractivity contribution is 0.108. The number of halogens is 2. The van der Waals surface area contributed by atoms with Crippen LogP contribution in [0.1, 0.15) is 6.42 Å². The van der Waals surface area contributed by atoms with E-state index in [1.807, 2.05) is 0 Å². The molecule has 0 aromatic rings. The Labute approximate surface area is 40.7 Å². The molecule has 0 aliphatic heterocycles. The molecule has 0 aromatic carbocycles. The minimum absolute atomic E-state index is 0.0174. The summed E-state index contributed by atoms with van der Waals surface area (Å²) in [4.78, 5) is 0. The van der Waals surface area contributed by atoms with Gasteiger partial charge in [-0.2, -0.15) is 0 Å². The summed E-state index contributed by atoms with van der Waals surface area (Å²) >= 11 is 0. The molecular weight excluding hydrogens is 100 g/mol. The lowest BCUT2D eigenvalue weighted by atomic mass is 10.7. The van der Waals surface area contributed by atoms with Crippen molar-refractivity contribution in [1.82, 2.24) is 5.32 Å². The molecular formula is C4H7F2N. The Morgan fingerprint density at radius 3 is 2.14 bits per heavy atom. The zero-order valence-corrected chi connectivity index (χ0v) is 4.04. The molecule has 1 aliphatic rings. The Morgan fingerprint density at radius 2 is 2.14 bits per heavy atom. The van der Waals surface area contributed by atoms with Crippen LogP contribution in [0.5, 0.6) is 0 Å². The molecule has 1 fully saturated rings. The fourth-order valence-electron chi connectivity index (χ4n) is 0.526. The zero-order valence-electron chi connectivity index (χ0n) is 4.04. The summed E-state index contributed by atoms with van der Waals surface area (Å²) < 4.78 is 23.5. The van der Waals surface area contributed by atoms with E-state index in [0.29, 0.717) is 0 Å². The Hall–Kier alpha value is -0.180. The quantitative estimate of drug-likeness (QED) is 0.517. The van der Waals surface area contributed by atoms with Crippen LogP contribution in [0.3, 0.4) is 0 Å². The molecule has 1 aliphatic carbocycles. The summed E-state index contributed by atoms with van der Waals surface area (Å²) in [5, 5.41) is 2.48. The van der Waals surface area contributed by atoms with E-state index >= 15 is 0 Å². The van der Waals surface area contributed by atoms with Crippen LogP contribution >= 0.6 is 0 Å². The van der Waals surface area contributed by atoms with Crippen LogP contribution in [0, 0.1) is 0 Å². The van der Waals surface area contributed by atoms with Gasteiger partial charge in [0.1, 0.15) is 0 Å². The predicted molar refractivity (Wildman–Crippen MR) is 22.4 cm³/mol. The van der Waals surface area contributed by atoms with Crippen molar-refractivity contribution in [1.29, 1.82) is 0 Å². The molecule has 1 nitrogen and oxygen atoms in total. The average Bonchev–Trinajstić information content (AvgIpc) is 2.13. The zero-order chi connectivity index (χ0) is 5.49. The van der Waals surface area contributed by atoms with E-state index in [1.165, 1.54) is 0 Å². The summed E-state index contributed by atoms with van der Waals surface area (Å²) in [7, 11) is 1.55. The molecule has 42 valence electrons. The first-order valence-corrected chi connectivity index (χ1v) is 2.22. The van der Waals surface area contributed by atoms with Crippen molar-refractivity contribution < 1.29 is 8.78 Å². The highest BCUT2D eigenvalue weighted by Crippen LogP contribution is 2.41. The molecule has 0 radical (unpaired) electrons. The largest absolute Gasteiger partial charge is 0.312 e. The molecule has 0 heterocycles. The summed E-state index contributed by atoms with van der Waals surface area (Å²) in [5.41, 5.74) is 0. The third-order valence-electron chi connectivity index (χ3n) is 1.17. The molecule has 0 amide bonds. The van der Waals surface area contributed by atoms with Crippen molar-refractivity contribution in [2.75, 3.05) is 7.05 Å². The molecule has 0 spiro atoms. The van der Waals surface area contributed by atoms with E-state index in [9.17, 15) is 8.78 Å². The van der Waals surface area contributed by atoms with Crippen molar-refractivity contribution in [3.05, 3.63) is 0 Å². The van der Waals surface area contributed by atoms with Crippen molar-refractivity contribution in [2.24, 2.45) is 0 Å². The maximum Gasteiger partial charge on any atom is 0.265 e. The summed E-state index contributed by atoms with van der Waals surface area (Å²) in [6, 6.07) is -0.535. The van der Waals surface area contributed by atoms with Crippen LogP contribution < -0.4 is 5.32 Å². The molecule has 0 unspecified atom stereocenters. The Bertz CT molecular complexity index is 81.8. The number of hydrogen-bond donors (Lipinski definition) is 1. The number of alkyl halides is 2. The van der Waals surface area contributed by atoms with Crippen LogP contribution in [0.2, 0.25) is 0 Å². The molecule has 7 heavy (non-hydrogen) atoms. The van der Waals surface area contributed by atoms with Gasteiger partial charge in [0, 0.05) is 6.42 Å². The topological polar surface area (TPSA) is 12.0 Å². The first kappa shape index (κ1) is 4.97. The highest BCUT2D eigenvalue weighted by molar-refractivity contribution is 5.00. The van der Waals surface area contributed by atoms with Crippen molar-refractivity contribution in [2.45, 2.75) is 18.4 Å². The van der Waals surface area contributed by atoms with E-state index in [-0.39, 0.29) is 6.42 Å². The smallest absolute Gasteiger partial charge is 0.265 e. The Balaban J connectivity index is 2.30. The lowest BCUT2D eigenvalue weighted by Crippen LogP contribution is -2.15. The third-order valence-corrected chi connectivity index (χ3v) is 1.17. The number of rotatable bonds is 1. The molecule has 0 saturated heterocycles. The minimum Gasteiger partial charge on any atom is -0.312 e. The van der Waals surface area contributed by atoms with Gasteiger partial charge in [0.15, 0.2) is 0 Å². The minimum atomic E-state index is -2.39. The molecule has 0 bridgehead atoms. The van der Waals surface area contributed by atoms with Gasteiger partial charge >= 0.3 is 0 Å². The van der Waals surface area contributed by atoms with Gasteiger partial charge < -0.3 is 5.32 Å². The van der Waals surface area contributed by atoms with Crippen LogP contribution in [0.15, 0.2) is 0 Å². The van der Waals surface area contributed by atoms with E-state index in [0.717, 1.165) is 0 Å². The van der Waals surface area contributed by atoms with E-state index in [4.69, 9.17) is 0 Å². The van der Waals surface area contributed by atoms with Gasteiger partial charge in [-0.25, -0.2) is 8.78 Å². The van der Waals surface area contributed by atoms with Crippen LogP contribution in [0.25, 0.3) is 0 Å². The SMILES string of the molecule is CN[C@@H]1CC1(F)F. The van der Waals surface area contributed by atoms with Gasteiger partial charge in [-0.05, 0) is 7.05 Å². The van der Waals surface area contributed by atoms with Gasteiger partial charge in [-0.3, -0.25) is 0 Å². The first-order valence-electron chi connectivity index (χ1n) is 2.22. The average molecular weight is 107 g/mol. The first-order chi connectivity index (χ1) is 3.17. The van der Waals surface area contributed by atoms with Gasteiger partial charge in [-0.1, -0.05) is 0 Å². The van der Waals surface area contributed by atoms with E-state index in [1.54, 1.807) is 7.05 Å². The van der Waals surface area contributed by atoms with Gasteiger partial charge in [0.05, 0.1) is 6.04 Å². The molecule has 3 heteroatoms. The van der Waals surface area contributed by atoms with Gasteiger partial charge in [0.25, 0.3) is 5.92 Å². The maximum atomic E-state index is 11.7. The van der Waals surface area contributed by atoms with Gasteiger partial charge in [-0.15, -0.1) is 0 Å².